The van der Waals surface area contributed by atoms with Gasteiger partial charge in [0.25, 0.3) is 0 Å². The van der Waals surface area contributed by atoms with Crippen molar-refractivity contribution in [2.24, 2.45) is 11.8 Å². The zero-order valence-corrected chi connectivity index (χ0v) is 33.3. The predicted molar refractivity (Wildman–Crippen MR) is 206 cm³/mol. The van der Waals surface area contributed by atoms with E-state index in [4.69, 9.17) is 14.2 Å². The summed E-state index contributed by atoms with van der Waals surface area (Å²) in [6, 6.07) is 0. The minimum absolute atomic E-state index is 0.0668. The van der Waals surface area contributed by atoms with E-state index < -0.39 is 6.10 Å². The van der Waals surface area contributed by atoms with Gasteiger partial charge in [-0.1, -0.05) is 189 Å². The molecule has 0 heterocycles. The molecule has 3 atom stereocenters. The molecule has 0 N–H and O–H groups in total. The zero-order chi connectivity index (χ0) is 36.2. The average Bonchev–Trinajstić information content (AvgIpc) is 3.10. The second-order valence-corrected chi connectivity index (χ2v) is 15.1. The highest BCUT2D eigenvalue weighted by Gasteiger charge is 2.19. The highest BCUT2D eigenvalue weighted by molar-refractivity contribution is 5.71. The third-order valence-electron chi connectivity index (χ3n) is 10.2. The molecule has 6 heteroatoms. The lowest BCUT2D eigenvalue weighted by molar-refractivity contribution is -0.167. The van der Waals surface area contributed by atoms with Crippen LogP contribution in [0.3, 0.4) is 0 Å². The molecule has 0 bridgehead atoms. The maximum atomic E-state index is 12.7. The summed E-state index contributed by atoms with van der Waals surface area (Å²) < 4.78 is 16.6. The summed E-state index contributed by atoms with van der Waals surface area (Å²) in [5.41, 5.74) is 0. The Morgan fingerprint density at radius 2 is 0.714 bits per heavy atom. The van der Waals surface area contributed by atoms with Gasteiger partial charge in [-0.05, 0) is 31.1 Å². The Balaban J connectivity index is 4.32. The van der Waals surface area contributed by atoms with E-state index in [-0.39, 0.29) is 31.1 Å². The Labute approximate surface area is 304 Å². The monoisotopic (exact) mass is 695 g/mol. The van der Waals surface area contributed by atoms with Gasteiger partial charge in [0.2, 0.25) is 0 Å². The number of ether oxygens (including phenoxy) is 3. The summed E-state index contributed by atoms with van der Waals surface area (Å²) in [6.45, 7) is 11.3. The largest absolute Gasteiger partial charge is 0.462 e. The third kappa shape index (κ3) is 34.6. The minimum atomic E-state index is -0.759. The fraction of sp³-hybridized carbons (Fsp3) is 0.930. The van der Waals surface area contributed by atoms with Gasteiger partial charge in [0.15, 0.2) is 6.10 Å². The molecule has 0 amide bonds. The van der Waals surface area contributed by atoms with Crippen LogP contribution in [0, 0.1) is 11.8 Å². The van der Waals surface area contributed by atoms with Crippen LogP contribution in [0.4, 0.5) is 0 Å². The van der Waals surface area contributed by atoms with Gasteiger partial charge in [-0.25, -0.2) is 0 Å². The van der Waals surface area contributed by atoms with Gasteiger partial charge in [-0.15, -0.1) is 0 Å². The first-order valence-corrected chi connectivity index (χ1v) is 21.3. The van der Waals surface area contributed by atoms with Crippen LogP contribution in [0.5, 0.6) is 0 Å². The summed E-state index contributed by atoms with van der Waals surface area (Å²) in [6.07, 6.45) is 32.3. The van der Waals surface area contributed by atoms with Crippen molar-refractivity contribution in [3.63, 3.8) is 0 Å². The summed E-state index contributed by atoms with van der Waals surface area (Å²) in [7, 11) is 0. The van der Waals surface area contributed by atoms with Gasteiger partial charge in [0.05, 0.1) is 0 Å². The average molecular weight is 695 g/mol. The number of hydrogen-bond acceptors (Lipinski definition) is 6. The molecular weight excluding hydrogens is 612 g/mol. The van der Waals surface area contributed by atoms with E-state index in [9.17, 15) is 14.4 Å². The van der Waals surface area contributed by atoms with Gasteiger partial charge in [0.1, 0.15) is 13.2 Å². The molecule has 49 heavy (non-hydrogen) atoms. The van der Waals surface area contributed by atoms with Crippen LogP contribution < -0.4 is 0 Å². The molecule has 0 radical (unpaired) electrons. The number of carbonyl (C=O) groups is 3. The van der Waals surface area contributed by atoms with Crippen LogP contribution in [0.1, 0.15) is 227 Å². The lowest BCUT2D eigenvalue weighted by Gasteiger charge is -2.18. The fourth-order valence-corrected chi connectivity index (χ4v) is 6.16. The number of rotatable bonds is 37. The maximum absolute atomic E-state index is 12.7. The molecule has 2 unspecified atom stereocenters. The van der Waals surface area contributed by atoms with Gasteiger partial charge >= 0.3 is 17.9 Å². The quantitative estimate of drug-likeness (QED) is 0.0366. The van der Waals surface area contributed by atoms with Crippen LogP contribution >= 0.6 is 0 Å². The molecule has 0 aliphatic heterocycles. The first-order chi connectivity index (χ1) is 23.8. The van der Waals surface area contributed by atoms with Crippen molar-refractivity contribution >= 4 is 17.9 Å². The van der Waals surface area contributed by atoms with E-state index in [1.165, 1.54) is 116 Å². The number of carbonyl (C=O) groups excluding carboxylic acids is 3. The second kappa shape index (κ2) is 36.2. The van der Waals surface area contributed by atoms with Crippen molar-refractivity contribution < 1.29 is 28.6 Å². The molecule has 0 fully saturated rings. The van der Waals surface area contributed by atoms with Crippen LogP contribution in [-0.4, -0.2) is 37.2 Å². The lowest BCUT2D eigenvalue weighted by Crippen LogP contribution is -2.30. The highest BCUT2D eigenvalue weighted by Crippen LogP contribution is 2.17. The van der Waals surface area contributed by atoms with Crippen molar-refractivity contribution in [1.82, 2.24) is 0 Å². The molecular formula is C43H82O6. The van der Waals surface area contributed by atoms with E-state index >= 15 is 0 Å². The van der Waals surface area contributed by atoms with Crippen LogP contribution in [0.2, 0.25) is 0 Å². The van der Waals surface area contributed by atoms with Gasteiger partial charge in [0, 0.05) is 19.3 Å². The predicted octanol–water partition coefficient (Wildman–Crippen LogP) is 13.0. The summed E-state index contributed by atoms with van der Waals surface area (Å²) in [5.74, 6) is 0.811. The number of esters is 3. The molecule has 0 aromatic carbocycles. The van der Waals surface area contributed by atoms with Gasteiger partial charge in [-0.3, -0.25) is 14.4 Å². The molecule has 0 aromatic heterocycles. The van der Waals surface area contributed by atoms with Gasteiger partial charge < -0.3 is 14.2 Å². The Bertz CT molecular complexity index is 753. The summed E-state index contributed by atoms with van der Waals surface area (Å²) >= 11 is 0. The second-order valence-electron chi connectivity index (χ2n) is 15.1. The molecule has 6 nitrogen and oxygen atoms in total. The molecule has 0 aromatic rings. The smallest absolute Gasteiger partial charge is 0.306 e. The van der Waals surface area contributed by atoms with E-state index in [1.54, 1.807) is 0 Å². The minimum Gasteiger partial charge on any atom is -0.462 e. The lowest BCUT2D eigenvalue weighted by atomic mass is 9.99. The number of unbranched alkanes of at least 4 members (excludes halogenated alkanes) is 20. The van der Waals surface area contributed by atoms with Crippen LogP contribution in [0.15, 0.2) is 0 Å². The van der Waals surface area contributed by atoms with Gasteiger partial charge in [-0.2, -0.15) is 0 Å². The molecule has 0 saturated heterocycles. The van der Waals surface area contributed by atoms with Crippen molar-refractivity contribution in [3.05, 3.63) is 0 Å². The Morgan fingerprint density at radius 3 is 1.06 bits per heavy atom. The van der Waals surface area contributed by atoms with E-state index in [1.807, 2.05) is 0 Å². The summed E-state index contributed by atoms with van der Waals surface area (Å²) in [4.78, 5) is 37.5. The normalized spacial score (nSPS) is 13.2. The molecule has 290 valence electrons. The fourth-order valence-electron chi connectivity index (χ4n) is 6.16. The van der Waals surface area contributed by atoms with Crippen LogP contribution in [-0.2, 0) is 28.6 Å². The Morgan fingerprint density at radius 1 is 0.408 bits per heavy atom. The Kier molecular flexibility index (Phi) is 35.0. The van der Waals surface area contributed by atoms with E-state index in [0.717, 1.165) is 69.6 Å². The van der Waals surface area contributed by atoms with Crippen molar-refractivity contribution in [1.29, 1.82) is 0 Å². The van der Waals surface area contributed by atoms with Crippen LogP contribution in [0.25, 0.3) is 0 Å². The molecule has 0 saturated carbocycles. The molecule has 0 spiro atoms. The molecule has 0 aliphatic carbocycles. The maximum Gasteiger partial charge on any atom is 0.306 e. The molecule has 0 aliphatic rings. The summed E-state index contributed by atoms with van der Waals surface area (Å²) in [5, 5.41) is 0. The third-order valence-corrected chi connectivity index (χ3v) is 10.2. The molecule has 0 rings (SSSR count). The first kappa shape index (κ1) is 47.4. The first-order valence-electron chi connectivity index (χ1n) is 21.3. The van der Waals surface area contributed by atoms with E-state index in [0.29, 0.717) is 19.3 Å². The SMILES string of the molecule is CCCCCCCCCC(=O)OC[C@@H](COC(=O)CCCCCCCCC(C)CC)OC(=O)CCCCCCCCCCCCC(C)CC. The zero-order valence-electron chi connectivity index (χ0n) is 33.3. The van der Waals surface area contributed by atoms with Crippen molar-refractivity contribution in [2.45, 2.75) is 233 Å². The van der Waals surface area contributed by atoms with Crippen molar-refractivity contribution in [2.75, 3.05) is 13.2 Å². The Hall–Kier alpha value is -1.59. The highest BCUT2D eigenvalue weighted by atomic mass is 16.6. The topological polar surface area (TPSA) is 78.9 Å². The van der Waals surface area contributed by atoms with E-state index in [2.05, 4.69) is 34.6 Å². The standard InChI is InChI=1S/C43H82O6/c1-6-9-10-11-16-23-28-33-41(44)47-36-40(37-48-42(45)34-29-24-20-19-22-27-32-39(5)8-3)49-43(46)35-30-25-18-15-13-12-14-17-21-26-31-38(4)7-2/h38-40H,6-37H2,1-5H3/t38?,39?,40-/m0/s1. The van der Waals surface area contributed by atoms with Crippen molar-refractivity contribution in [3.8, 4) is 0 Å². The number of hydrogen-bond donors (Lipinski definition) is 0.